The van der Waals surface area contributed by atoms with Gasteiger partial charge in [0.05, 0.1) is 13.0 Å². The molecule has 15 heavy (non-hydrogen) atoms. The highest BCUT2D eigenvalue weighted by Gasteiger charge is 2.28. The average Bonchev–Trinajstić information content (AvgIpc) is 2.23. The van der Waals surface area contributed by atoms with E-state index in [2.05, 4.69) is 4.90 Å². The predicted octanol–water partition coefficient (Wildman–Crippen LogP) is 1.67. The fourth-order valence-electron chi connectivity index (χ4n) is 2.62. The van der Waals surface area contributed by atoms with Crippen molar-refractivity contribution in [2.24, 2.45) is 11.8 Å². The highest BCUT2D eigenvalue weighted by molar-refractivity contribution is 5.72. The lowest BCUT2D eigenvalue weighted by molar-refractivity contribution is -0.147. The van der Waals surface area contributed by atoms with E-state index in [-0.39, 0.29) is 11.9 Å². The summed E-state index contributed by atoms with van der Waals surface area (Å²) in [5.41, 5.74) is 0. The van der Waals surface area contributed by atoms with Gasteiger partial charge in [0.15, 0.2) is 0 Å². The van der Waals surface area contributed by atoms with Crippen LogP contribution in [0.2, 0.25) is 0 Å². The predicted molar refractivity (Wildman–Crippen MR) is 58.5 cm³/mol. The number of nitrogens with zero attached hydrogens (tertiary/aromatic N) is 1. The summed E-state index contributed by atoms with van der Waals surface area (Å²) in [6.45, 7) is 3.29. The molecule has 1 saturated heterocycles. The van der Waals surface area contributed by atoms with Crippen molar-refractivity contribution in [1.82, 2.24) is 4.90 Å². The Labute approximate surface area is 91.8 Å². The first-order valence-corrected chi connectivity index (χ1v) is 6.10. The zero-order valence-corrected chi connectivity index (χ0v) is 9.58. The summed E-state index contributed by atoms with van der Waals surface area (Å²) in [4.78, 5) is 13.9. The largest absolute Gasteiger partial charge is 0.469 e. The van der Waals surface area contributed by atoms with Crippen molar-refractivity contribution in [2.75, 3.05) is 26.7 Å². The molecule has 1 atom stereocenters. The maximum Gasteiger partial charge on any atom is 0.309 e. The number of hydrogen-bond acceptors (Lipinski definition) is 3. The van der Waals surface area contributed by atoms with Gasteiger partial charge in [-0.15, -0.1) is 0 Å². The third kappa shape index (κ3) is 2.71. The van der Waals surface area contributed by atoms with Gasteiger partial charge in [0.1, 0.15) is 0 Å². The lowest BCUT2D eigenvalue weighted by Crippen LogP contribution is -2.42. The molecule has 1 aliphatic heterocycles. The Bertz CT molecular complexity index is 226. The molecule has 0 amide bonds. The summed E-state index contributed by atoms with van der Waals surface area (Å²) in [7, 11) is 1.49. The Balaban J connectivity index is 1.78. The second-order valence-electron chi connectivity index (χ2n) is 4.92. The molecule has 0 radical (unpaired) electrons. The number of likely N-dealkylation sites (tertiary alicyclic amines) is 1. The summed E-state index contributed by atoms with van der Waals surface area (Å²) in [6.07, 6.45) is 6.33. The summed E-state index contributed by atoms with van der Waals surface area (Å²) < 4.78 is 4.82. The second-order valence-corrected chi connectivity index (χ2v) is 4.92. The minimum absolute atomic E-state index is 0.0201. The zero-order valence-electron chi connectivity index (χ0n) is 9.58. The molecule has 3 nitrogen and oxygen atoms in total. The minimum atomic E-state index is -0.0201. The maximum absolute atomic E-state index is 11.4. The summed E-state index contributed by atoms with van der Waals surface area (Å²) in [6, 6.07) is 0. The number of rotatable bonds is 3. The number of hydrogen-bond donors (Lipinski definition) is 0. The van der Waals surface area contributed by atoms with Crippen LogP contribution in [0.1, 0.15) is 32.1 Å². The molecule has 0 spiro atoms. The topological polar surface area (TPSA) is 29.5 Å². The Kier molecular flexibility index (Phi) is 3.62. The third-order valence-electron chi connectivity index (χ3n) is 3.78. The van der Waals surface area contributed by atoms with Crippen molar-refractivity contribution in [3.05, 3.63) is 0 Å². The lowest BCUT2D eigenvalue weighted by atomic mass is 9.84. The number of piperidine rings is 1. The minimum Gasteiger partial charge on any atom is -0.469 e. The van der Waals surface area contributed by atoms with Gasteiger partial charge in [0, 0.05) is 13.1 Å². The van der Waals surface area contributed by atoms with E-state index in [0.717, 1.165) is 25.3 Å². The molecular formula is C12H21NO2. The van der Waals surface area contributed by atoms with Gasteiger partial charge in [0.25, 0.3) is 0 Å². The van der Waals surface area contributed by atoms with Gasteiger partial charge < -0.3 is 9.64 Å². The van der Waals surface area contributed by atoms with Crippen LogP contribution in [0, 0.1) is 11.8 Å². The lowest BCUT2D eigenvalue weighted by Gasteiger charge is -2.36. The van der Waals surface area contributed by atoms with Gasteiger partial charge in [-0.2, -0.15) is 0 Å². The zero-order chi connectivity index (χ0) is 10.7. The number of ether oxygens (including phenoxy) is 1. The number of carbonyl (C=O) groups is 1. The molecule has 1 unspecified atom stereocenters. The van der Waals surface area contributed by atoms with Crippen LogP contribution < -0.4 is 0 Å². The smallest absolute Gasteiger partial charge is 0.309 e. The molecular weight excluding hydrogens is 190 g/mol. The standard InChI is InChI=1S/C12H21NO2/c1-15-12(14)11-6-3-7-13(9-11)8-10-4-2-5-10/h10-11H,2-9H2,1H3. The van der Waals surface area contributed by atoms with Crippen LogP contribution in [-0.4, -0.2) is 37.6 Å². The van der Waals surface area contributed by atoms with Crippen LogP contribution in [0.4, 0.5) is 0 Å². The molecule has 0 aromatic rings. The van der Waals surface area contributed by atoms with E-state index < -0.39 is 0 Å². The molecule has 86 valence electrons. The van der Waals surface area contributed by atoms with Crippen molar-refractivity contribution in [3.8, 4) is 0 Å². The van der Waals surface area contributed by atoms with Crippen LogP contribution in [-0.2, 0) is 9.53 Å². The Morgan fingerprint density at radius 3 is 2.73 bits per heavy atom. The second kappa shape index (κ2) is 4.97. The summed E-state index contributed by atoms with van der Waals surface area (Å²) in [5.74, 6) is 1.01. The van der Waals surface area contributed by atoms with Gasteiger partial charge in [-0.1, -0.05) is 6.42 Å². The van der Waals surface area contributed by atoms with Crippen LogP contribution in [0.5, 0.6) is 0 Å². The van der Waals surface area contributed by atoms with Crippen LogP contribution >= 0.6 is 0 Å². The molecule has 1 aliphatic carbocycles. The first-order chi connectivity index (χ1) is 7.29. The van der Waals surface area contributed by atoms with E-state index in [1.54, 1.807) is 0 Å². The van der Waals surface area contributed by atoms with Crippen LogP contribution in [0.3, 0.4) is 0 Å². The Hall–Kier alpha value is -0.570. The summed E-state index contributed by atoms with van der Waals surface area (Å²) >= 11 is 0. The van der Waals surface area contributed by atoms with Crippen LogP contribution in [0.25, 0.3) is 0 Å². The molecule has 0 aromatic heterocycles. The molecule has 0 N–H and O–H groups in total. The molecule has 2 rings (SSSR count). The van der Waals surface area contributed by atoms with Gasteiger partial charge in [0.2, 0.25) is 0 Å². The molecule has 0 bridgehead atoms. The number of esters is 1. The highest BCUT2D eigenvalue weighted by atomic mass is 16.5. The fraction of sp³-hybridized carbons (Fsp3) is 0.917. The SMILES string of the molecule is COC(=O)C1CCCN(CC2CCC2)C1. The fourth-order valence-corrected chi connectivity index (χ4v) is 2.62. The van der Waals surface area contributed by atoms with Gasteiger partial charge >= 0.3 is 5.97 Å². The van der Waals surface area contributed by atoms with Gasteiger partial charge in [-0.3, -0.25) is 4.79 Å². The van der Waals surface area contributed by atoms with E-state index in [1.807, 2.05) is 0 Å². The van der Waals surface area contributed by atoms with Gasteiger partial charge in [-0.05, 0) is 38.1 Å². The normalized spacial score (nSPS) is 28.5. The van der Waals surface area contributed by atoms with E-state index in [0.29, 0.717) is 0 Å². The van der Waals surface area contributed by atoms with Crippen molar-refractivity contribution in [2.45, 2.75) is 32.1 Å². The monoisotopic (exact) mass is 211 g/mol. The summed E-state index contributed by atoms with van der Waals surface area (Å²) in [5, 5.41) is 0. The van der Waals surface area contributed by atoms with E-state index in [9.17, 15) is 4.79 Å². The first-order valence-electron chi connectivity index (χ1n) is 6.10. The maximum atomic E-state index is 11.4. The molecule has 1 saturated carbocycles. The quantitative estimate of drug-likeness (QED) is 0.665. The molecule has 2 aliphatic rings. The van der Waals surface area contributed by atoms with Crippen molar-refractivity contribution in [3.63, 3.8) is 0 Å². The Morgan fingerprint density at radius 2 is 2.13 bits per heavy atom. The molecule has 2 fully saturated rings. The van der Waals surface area contributed by atoms with E-state index in [1.165, 1.54) is 39.5 Å². The van der Waals surface area contributed by atoms with E-state index >= 15 is 0 Å². The van der Waals surface area contributed by atoms with Crippen molar-refractivity contribution >= 4 is 5.97 Å². The average molecular weight is 211 g/mol. The number of carbonyl (C=O) groups excluding carboxylic acids is 1. The number of methoxy groups -OCH3 is 1. The van der Waals surface area contributed by atoms with E-state index in [4.69, 9.17) is 4.74 Å². The highest BCUT2D eigenvalue weighted by Crippen LogP contribution is 2.28. The molecule has 0 aromatic carbocycles. The van der Waals surface area contributed by atoms with Gasteiger partial charge in [-0.25, -0.2) is 0 Å². The Morgan fingerprint density at radius 1 is 1.33 bits per heavy atom. The first kappa shape index (κ1) is 10.9. The van der Waals surface area contributed by atoms with Crippen molar-refractivity contribution in [1.29, 1.82) is 0 Å². The van der Waals surface area contributed by atoms with Crippen LogP contribution in [0.15, 0.2) is 0 Å². The third-order valence-corrected chi connectivity index (χ3v) is 3.78. The molecule has 1 heterocycles. The van der Waals surface area contributed by atoms with Crippen molar-refractivity contribution < 1.29 is 9.53 Å². The molecule has 3 heteroatoms.